The van der Waals surface area contributed by atoms with Crippen molar-refractivity contribution in [3.63, 3.8) is 0 Å². The second-order valence-corrected chi connectivity index (χ2v) is 4.04. The first-order valence-corrected chi connectivity index (χ1v) is 6.34. The number of carbonyl (C=O) groups is 3. The highest BCUT2D eigenvalue weighted by Crippen LogP contribution is 2.07. The van der Waals surface area contributed by atoms with Crippen molar-refractivity contribution in [3.05, 3.63) is 47.5 Å². The number of hydrogen-bond acceptors (Lipinski definition) is 5. The molecule has 0 unspecified atom stereocenters. The van der Waals surface area contributed by atoms with Gasteiger partial charge in [0.1, 0.15) is 0 Å². The molecule has 0 aliphatic carbocycles. The lowest BCUT2D eigenvalue weighted by Gasteiger charge is -2.05. The van der Waals surface area contributed by atoms with Crippen LogP contribution in [0.25, 0.3) is 0 Å². The summed E-state index contributed by atoms with van der Waals surface area (Å²) in [7, 11) is 0. The van der Waals surface area contributed by atoms with Gasteiger partial charge in [0.2, 0.25) is 0 Å². The Morgan fingerprint density at radius 2 is 1.81 bits per heavy atom. The van der Waals surface area contributed by atoms with Crippen LogP contribution in [0, 0.1) is 0 Å². The van der Waals surface area contributed by atoms with Gasteiger partial charge in [0.15, 0.2) is 0 Å². The molecule has 1 rings (SSSR count). The van der Waals surface area contributed by atoms with E-state index in [0.29, 0.717) is 6.42 Å². The van der Waals surface area contributed by atoms with Crippen LogP contribution >= 0.6 is 0 Å². The van der Waals surface area contributed by atoms with Gasteiger partial charge < -0.3 is 14.6 Å². The largest absolute Gasteiger partial charge is 0.478 e. The lowest BCUT2D eigenvalue weighted by molar-refractivity contribution is -0.138. The summed E-state index contributed by atoms with van der Waals surface area (Å²) >= 11 is 0. The molecule has 0 atom stereocenters. The van der Waals surface area contributed by atoms with Gasteiger partial charge in [0.25, 0.3) is 0 Å². The molecule has 0 aliphatic rings. The summed E-state index contributed by atoms with van der Waals surface area (Å²) in [5, 5.41) is 8.83. The zero-order valence-corrected chi connectivity index (χ0v) is 11.6. The first-order valence-electron chi connectivity index (χ1n) is 6.34. The Bertz CT molecular complexity index is 547. The Hall–Kier alpha value is -2.63. The molecular weight excluding hydrogens is 276 g/mol. The van der Waals surface area contributed by atoms with E-state index in [1.807, 2.05) is 0 Å². The number of esters is 2. The molecule has 1 aromatic rings. The zero-order chi connectivity index (χ0) is 15.7. The first-order chi connectivity index (χ1) is 10.0. The fourth-order valence-corrected chi connectivity index (χ4v) is 1.44. The van der Waals surface area contributed by atoms with Crippen LogP contribution in [0.2, 0.25) is 0 Å². The molecule has 0 saturated carbocycles. The van der Waals surface area contributed by atoms with E-state index >= 15 is 0 Å². The van der Waals surface area contributed by atoms with Gasteiger partial charge in [0.05, 0.1) is 24.3 Å². The molecule has 1 N–H and O–H groups in total. The van der Waals surface area contributed by atoms with Crippen molar-refractivity contribution in [2.24, 2.45) is 0 Å². The zero-order valence-electron chi connectivity index (χ0n) is 11.6. The highest BCUT2D eigenvalue weighted by Gasteiger charge is 2.10. The summed E-state index contributed by atoms with van der Waals surface area (Å²) in [6.45, 7) is 1.93. The van der Waals surface area contributed by atoms with Gasteiger partial charge in [-0.2, -0.15) is 0 Å². The van der Waals surface area contributed by atoms with Crippen LogP contribution in [-0.4, -0.2) is 36.2 Å². The summed E-state index contributed by atoms with van der Waals surface area (Å²) in [5.74, 6) is -2.17. The molecule has 0 radical (unpaired) electrons. The number of carboxylic acids is 1. The molecule has 0 bridgehead atoms. The maximum absolute atomic E-state index is 11.7. The van der Waals surface area contributed by atoms with Gasteiger partial charge in [-0.25, -0.2) is 14.4 Å². The molecule has 0 aromatic heterocycles. The summed E-state index contributed by atoms with van der Waals surface area (Å²) in [5.41, 5.74) is 0.186. The van der Waals surface area contributed by atoms with E-state index in [0.717, 1.165) is 0 Å². The predicted octanol–water partition coefficient (Wildman–Crippen LogP) is 2.05. The molecule has 112 valence electrons. The maximum Gasteiger partial charge on any atom is 0.338 e. The van der Waals surface area contributed by atoms with Crippen LogP contribution in [0.3, 0.4) is 0 Å². The minimum atomic E-state index is -1.11. The average molecular weight is 292 g/mol. The first kappa shape index (κ1) is 16.4. The Morgan fingerprint density at radius 1 is 1.14 bits per heavy atom. The second kappa shape index (κ2) is 8.52. The number of allylic oxidation sites excluding steroid dienone is 1. The van der Waals surface area contributed by atoms with Crippen LogP contribution in [0.15, 0.2) is 36.4 Å². The molecule has 0 amide bonds. The molecule has 21 heavy (non-hydrogen) atoms. The minimum absolute atomic E-state index is 0.0183. The second-order valence-electron chi connectivity index (χ2n) is 4.04. The van der Waals surface area contributed by atoms with Crippen molar-refractivity contribution < 1.29 is 29.0 Å². The van der Waals surface area contributed by atoms with Crippen LogP contribution in [0.1, 0.15) is 34.1 Å². The van der Waals surface area contributed by atoms with Gasteiger partial charge in [-0.15, -0.1) is 0 Å². The van der Waals surface area contributed by atoms with Gasteiger partial charge >= 0.3 is 17.9 Å². The lowest BCUT2D eigenvalue weighted by Crippen LogP contribution is -2.10. The van der Waals surface area contributed by atoms with Crippen molar-refractivity contribution in [1.29, 1.82) is 0 Å². The number of aromatic carboxylic acids is 1. The van der Waals surface area contributed by atoms with Crippen LogP contribution < -0.4 is 0 Å². The maximum atomic E-state index is 11.7. The predicted molar refractivity (Wildman–Crippen MR) is 74.1 cm³/mol. The van der Waals surface area contributed by atoms with Gasteiger partial charge in [-0.1, -0.05) is 12.1 Å². The van der Waals surface area contributed by atoms with Crippen molar-refractivity contribution in [1.82, 2.24) is 0 Å². The van der Waals surface area contributed by atoms with Crippen molar-refractivity contribution in [2.45, 2.75) is 13.3 Å². The van der Waals surface area contributed by atoms with E-state index in [1.165, 1.54) is 30.3 Å². The Balaban J connectivity index is 2.36. The summed E-state index contributed by atoms with van der Waals surface area (Å²) in [4.78, 5) is 33.5. The Kier molecular flexibility index (Phi) is 6.67. The van der Waals surface area contributed by atoms with Gasteiger partial charge in [-0.05, 0) is 25.1 Å². The van der Waals surface area contributed by atoms with Crippen molar-refractivity contribution in [2.75, 3.05) is 13.2 Å². The number of benzene rings is 1. The van der Waals surface area contributed by atoms with Gasteiger partial charge in [0, 0.05) is 12.5 Å². The number of hydrogen-bond donors (Lipinski definition) is 1. The molecule has 6 heteroatoms. The normalized spacial score (nSPS) is 10.3. The molecule has 0 saturated heterocycles. The Morgan fingerprint density at radius 3 is 2.48 bits per heavy atom. The van der Waals surface area contributed by atoms with E-state index in [9.17, 15) is 14.4 Å². The fraction of sp³-hybridized carbons (Fsp3) is 0.267. The van der Waals surface area contributed by atoms with E-state index in [4.69, 9.17) is 14.6 Å². The molecule has 6 nitrogen and oxygen atoms in total. The van der Waals surface area contributed by atoms with Crippen LogP contribution in [-0.2, 0) is 14.3 Å². The highest BCUT2D eigenvalue weighted by atomic mass is 16.5. The topological polar surface area (TPSA) is 89.9 Å². The molecule has 1 aromatic carbocycles. The fourth-order valence-electron chi connectivity index (χ4n) is 1.44. The highest BCUT2D eigenvalue weighted by molar-refractivity contribution is 5.94. The number of carboxylic acid groups (broad SMARTS) is 1. The third-order valence-corrected chi connectivity index (χ3v) is 2.41. The van der Waals surface area contributed by atoms with Crippen LogP contribution in [0.4, 0.5) is 0 Å². The summed E-state index contributed by atoms with van der Waals surface area (Å²) < 4.78 is 9.79. The molecule has 0 fully saturated rings. The number of rotatable bonds is 7. The third-order valence-electron chi connectivity index (χ3n) is 2.41. The van der Waals surface area contributed by atoms with E-state index < -0.39 is 17.9 Å². The van der Waals surface area contributed by atoms with Crippen molar-refractivity contribution >= 4 is 17.9 Å². The summed E-state index contributed by atoms with van der Waals surface area (Å²) in [6.07, 6.45) is 3.23. The SMILES string of the molecule is CC=CC(=O)OCCCOC(=O)c1cccc(C(=O)O)c1. The van der Waals surface area contributed by atoms with Gasteiger partial charge in [-0.3, -0.25) is 0 Å². The third kappa shape index (κ3) is 5.90. The van der Waals surface area contributed by atoms with Crippen LogP contribution in [0.5, 0.6) is 0 Å². The minimum Gasteiger partial charge on any atom is -0.478 e. The standard InChI is InChI=1S/C15H16O6/c1-2-5-13(16)20-8-4-9-21-15(19)12-7-3-6-11(10-12)14(17)18/h2-3,5-7,10H,4,8-9H2,1H3,(H,17,18). The lowest BCUT2D eigenvalue weighted by atomic mass is 10.1. The molecular formula is C15H16O6. The summed E-state index contributed by atoms with van der Waals surface area (Å²) in [6, 6.07) is 5.58. The molecule has 0 heterocycles. The average Bonchev–Trinajstić information content (AvgIpc) is 2.47. The van der Waals surface area contributed by atoms with E-state index in [1.54, 1.807) is 13.0 Å². The van der Waals surface area contributed by atoms with Crippen molar-refractivity contribution in [3.8, 4) is 0 Å². The smallest absolute Gasteiger partial charge is 0.338 e. The molecule has 0 aliphatic heterocycles. The molecule has 0 spiro atoms. The Labute approximate surface area is 122 Å². The monoisotopic (exact) mass is 292 g/mol. The number of carbonyl (C=O) groups excluding carboxylic acids is 2. The van der Waals surface area contributed by atoms with E-state index in [2.05, 4.69) is 0 Å². The number of ether oxygens (including phenoxy) is 2. The van der Waals surface area contributed by atoms with E-state index in [-0.39, 0.29) is 24.3 Å². The quantitative estimate of drug-likeness (QED) is 0.470.